The molecule has 0 bridgehead atoms. The molecule has 0 radical (unpaired) electrons. The molecular weight excluding hydrogens is 795 g/mol. The van der Waals surface area contributed by atoms with E-state index in [4.69, 9.17) is 15.7 Å². The molecule has 0 atom stereocenters. The summed E-state index contributed by atoms with van der Waals surface area (Å²) in [7, 11) is 0. The second-order valence-electron chi connectivity index (χ2n) is 16.8. The van der Waals surface area contributed by atoms with Crippen LogP contribution in [0.1, 0.15) is 0 Å². The monoisotopic (exact) mass is 831 g/mol. The number of hydrogen-bond donors (Lipinski definition) is 1. The Balaban J connectivity index is 0.987. The van der Waals surface area contributed by atoms with Crippen molar-refractivity contribution in [3.8, 4) is 34.3 Å². The number of nitrogens with zero attached hydrogens (tertiary/aromatic N) is 6. The Bertz CT molecular complexity index is 4230. The van der Waals surface area contributed by atoms with Gasteiger partial charge in [0.15, 0.2) is 5.82 Å². The van der Waals surface area contributed by atoms with Crippen LogP contribution in [-0.2, 0) is 0 Å². The maximum absolute atomic E-state index is 6.79. The average molecular weight is 832 g/mol. The normalized spacial score (nSPS) is 12.1. The van der Waals surface area contributed by atoms with Crippen LogP contribution in [-0.4, -0.2) is 28.2 Å². The lowest BCUT2D eigenvalue weighted by Crippen LogP contribution is -2.05. The first-order valence-electron chi connectivity index (χ1n) is 22.0. The quantitative estimate of drug-likeness (QED) is 0.188. The summed E-state index contributed by atoms with van der Waals surface area (Å²) in [5.74, 6) is 1.66. The summed E-state index contributed by atoms with van der Waals surface area (Å²) in [6.45, 7) is 0. The molecule has 0 aliphatic rings. The van der Waals surface area contributed by atoms with Crippen LogP contribution < -0.4 is 5.73 Å². The van der Waals surface area contributed by atoms with E-state index in [0.717, 1.165) is 66.5 Å². The Labute approximate surface area is 372 Å². The molecule has 0 aliphatic carbocycles. The second-order valence-corrected chi connectivity index (χ2v) is 16.8. The molecular formula is C58H37N7. The second kappa shape index (κ2) is 13.5. The lowest BCUT2D eigenvalue weighted by molar-refractivity contribution is 1.05. The van der Waals surface area contributed by atoms with Gasteiger partial charge in [-0.05, 0) is 72.8 Å². The molecule has 304 valence electrons. The fraction of sp³-hybridized carbons (Fsp3) is 0. The van der Waals surface area contributed by atoms with Gasteiger partial charge in [0.25, 0.3) is 0 Å². The molecule has 9 aromatic carbocycles. The van der Waals surface area contributed by atoms with Crippen LogP contribution in [0.15, 0.2) is 212 Å². The van der Waals surface area contributed by atoms with Crippen LogP contribution in [0, 0.1) is 0 Å². The third-order valence-corrected chi connectivity index (χ3v) is 13.3. The molecule has 0 amide bonds. The van der Waals surface area contributed by atoms with Gasteiger partial charge in [-0.15, -0.1) is 0 Å². The van der Waals surface area contributed by atoms with E-state index in [-0.39, 0.29) is 0 Å². The fourth-order valence-corrected chi connectivity index (χ4v) is 10.7. The van der Waals surface area contributed by atoms with Crippen molar-refractivity contribution in [3.05, 3.63) is 212 Å². The van der Waals surface area contributed by atoms with Crippen molar-refractivity contribution in [3.63, 3.8) is 0 Å². The fourth-order valence-electron chi connectivity index (χ4n) is 10.7. The predicted molar refractivity (Wildman–Crippen MR) is 269 cm³/mol. The summed E-state index contributed by atoms with van der Waals surface area (Å²) in [5, 5.41) is 9.49. The number of benzene rings is 9. The molecule has 2 N–H and O–H groups in total. The molecule has 14 rings (SSSR count). The average Bonchev–Trinajstić information content (AvgIpc) is 4.09. The molecule has 0 fully saturated rings. The lowest BCUT2D eigenvalue weighted by atomic mass is 10.1. The zero-order valence-corrected chi connectivity index (χ0v) is 35.0. The molecule has 5 aromatic heterocycles. The molecule has 7 nitrogen and oxygen atoms in total. The topological polar surface area (TPSA) is 71.5 Å². The van der Waals surface area contributed by atoms with Crippen LogP contribution in [0.4, 0.5) is 5.82 Å². The third kappa shape index (κ3) is 5.06. The smallest absolute Gasteiger partial charge is 0.163 e. The van der Waals surface area contributed by atoms with Gasteiger partial charge in [0.05, 0.1) is 44.1 Å². The molecule has 0 aliphatic heterocycles. The predicted octanol–water partition coefficient (Wildman–Crippen LogP) is 14.1. The molecule has 14 aromatic rings. The van der Waals surface area contributed by atoms with Gasteiger partial charge < -0.3 is 19.4 Å². The lowest BCUT2D eigenvalue weighted by Gasteiger charge is -2.14. The number of para-hydroxylation sites is 6. The summed E-state index contributed by atoms with van der Waals surface area (Å²) in [6, 6.07) is 75.5. The van der Waals surface area contributed by atoms with Gasteiger partial charge in [0.2, 0.25) is 0 Å². The van der Waals surface area contributed by atoms with Crippen molar-refractivity contribution in [2.24, 2.45) is 0 Å². The first-order chi connectivity index (χ1) is 32.2. The van der Waals surface area contributed by atoms with Gasteiger partial charge in [-0.3, -0.25) is 4.57 Å². The van der Waals surface area contributed by atoms with Crippen molar-refractivity contribution < 1.29 is 0 Å². The van der Waals surface area contributed by atoms with Crippen molar-refractivity contribution in [2.45, 2.75) is 0 Å². The summed E-state index contributed by atoms with van der Waals surface area (Å²) in [4.78, 5) is 10.2. The van der Waals surface area contributed by atoms with E-state index in [1.165, 1.54) is 43.4 Å². The van der Waals surface area contributed by atoms with Crippen molar-refractivity contribution in [1.82, 2.24) is 28.2 Å². The standard InChI is InChI=1S/C58H37N7/c59-52-35-53(65-51-26-14-10-22-43(51)47-34-33-46-42-21-8-12-24-49(42)63(56(46)57(47)65)38-17-5-2-6-18-38)61-58(60-52)36-27-29-39(30-28-36)64-50-25-13-9-20-41(50)45-32-31-44-40-19-7-11-23-48(40)62(54(44)55(45)64)37-15-3-1-4-16-37/h1-35H,(H2,59,60,61). The zero-order valence-electron chi connectivity index (χ0n) is 35.0. The van der Waals surface area contributed by atoms with E-state index >= 15 is 0 Å². The minimum absolute atomic E-state index is 0.398. The zero-order chi connectivity index (χ0) is 42.8. The van der Waals surface area contributed by atoms with Crippen molar-refractivity contribution in [1.29, 1.82) is 0 Å². The molecule has 7 heteroatoms. The number of anilines is 1. The number of hydrogen-bond acceptors (Lipinski definition) is 3. The Morgan fingerprint density at radius 3 is 1.05 bits per heavy atom. The van der Waals surface area contributed by atoms with Crippen molar-refractivity contribution in [2.75, 3.05) is 5.73 Å². The molecule has 0 saturated heterocycles. The molecule has 5 heterocycles. The number of rotatable bonds is 5. The highest BCUT2D eigenvalue weighted by molar-refractivity contribution is 6.25. The van der Waals surface area contributed by atoms with Crippen LogP contribution >= 0.6 is 0 Å². The molecule has 0 spiro atoms. The first kappa shape index (κ1) is 35.6. The highest BCUT2D eigenvalue weighted by Crippen LogP contribution is 2.44. The van der Waals surface area contributed by atoms with E-state index in [1.54, 1.807) is 0 Å². The Hall–Kier alpha value is -8.94. The summed E-state index contributed by atoms with van der Waals surface area (Å²) in [6.07, 6.45) is 0. The number of nitrogen functional groups attached to an aromatic ring is 1. The first-order valence-corrected chi connectivity index (χ1v) is 22.0. The minimum atomic E-state index is 0.398. The van der Waals surface area contributed by atoms with Gasteiger partial charge >= 0.3 is 0 Å². The van der Waals surface area contributed by atoms with Crippen LogP contribution in [0.5, 0.6) is 0 Å². The highest BCUT2D eigenvalue weighted by atomic mass is 15.1. The Morgan fingerprint density at radius 1 is 0.292 bits per heavy atom. The van der Waals surface area contributed by atoms with Gasteiger partial charge in [-0.2, -0.15) is 0 Å². The van der Waals surface area contributed by atoms with Gasteiger partial charge in [0.1, 0.15) is 11.6 Å². The van der Waals surface area contributed by atoms with Crippen molar-refractivity contribution >= 4 is 93.0 Å². The highest BCUT2D eigenvalue weighted by Gasteiger charge is 2.24. The summed E-state index contributed by atoms with van der Waals surface area (Å²) < 4.78 is 9.49. The number of aromatic nitrogens is 6. The number of fused-ring (bicyclic) bond motifs is 14. The van der Waals surface area contributed by atoms with Crippen LogP contribution in [0.25, 0.3) is 121 Å². The Morgan fingerprint density at radius 2 is 0.631 bits per heavy atom. The maximum atomic E-state index is 6.79. The largest absolute Gasteiger partial charge is 0.384 e. The van der Waals surface area contributed by atoms with Gasteiger partial charge in [0, 0.05) is 71.8 Å². The van der Waals surface area contributed by atoms with E-state index in [0.29, 0.717) is 17.5 Å². The van der Waals surface area contributed by atoms with Crippen LogP contribution in [0.2, 0.25) is 0 Å². The molecule has 0 saturated carbocycles. The molecule has 65 heavy (non-hydrogen) atoms. The number of nitrogens with two attached hydrogens (primary N) is 1. The van der Waals surface area contributed by atoms with E-state index < -0.39 is 0 Å². The van der Waals surface area contributed by atoms with E-state index in [2.05, 4.69) is 225 Å². The molecule has 0 unspecified atom stereocenters. The Kier molecular flexibility index (Phi) is 7.42. The van der Waals surface area contributed by atoms with E-state index in [1.807, 2.05) is 6.07 Å². The van der Waals surface area contributed by atoms with E-state index in [9.17, 15) is 0 Å². The maximum Gasteiger partial charge on any atom is 0.163 e. The summed E-state index contributed by atoms with van der Waals surface area (Å²) >= 11 is 0. The summed E-state index contributed by atoms with van der Waals surface area (Å²) in [5.41, 5.74) is 19.9. The van der Waals surface area contributed by atoms with Crippen LogP contribution in [0.3, 0.4) is 0 Å². The SMILES string of the molecule is Nc1cc(-n2c3ccccc3c3ccc4c5ccccc5n(-c5ccccc5)c4c32)nc(-c2ccc(-n3c4ccccc4c4ccc5c6ccccc6n(-c6ccccc6)c5c43)cc2)n1. The van der Waals surface area contributed by atoms with Gasteiger partial charge in [-0.25, -0.2) is 9.97 Å². The third-order valence-electron chi connectivity index (χ3n) is 13.3. The van der Waals surface area contributed by atoms with Gasteiger partial charge in [-0.1, -0.05) is 133 Å². The minimum Gasteiger partial charge on any atom is -0.384 e.